The largest absolute Gasteiger partial charge is 0.376 e. The van der Waals surface area contributed by atoms with Gasteiger partial charge in [-0.15, -0.1) is 0 Å². The van der Waals surface area contributed by atoms with Gasteiger partial charge in [-0.3, -0.25) is 0 Å². The van der Waals surface area contributed by atoms with Crippen molar-refractivity contribution in [3.8, 4) is 0 Å². The summed E-state index contributed by atoms with van der Waals surface area (Å²) >= 11 is 0. The molecular weight excluding hydrogens is 136 g/mol. The molecule has 0 unspecified atom stereocenters. The first-order valence-electron chi connectivity index (χ1n) is 4.74. The van der Waals surface area contributed by atoms with E-state index in [1.165, 1.54) is 25.7 Å². The maximum absolute atomic E-state index is 5.15. The fourth-order valence-electron chi connectivity index (χ4n) is 1.27. The summed E-state index contributed by atoms with van der Waals surface area (Å²) in [6.45, 7) is 9.12. The van der Waals surface area contributed by atoms with Crippen LogP contribution in [0.25, 0.3) is 0 Å². The standard InChI is InChI=1S/C10H21O/c1-4-10(5-2)8-7-9-11-6-3/h6,10H,4-5,7-9H2,1-3H3. The Morgan fingerprint density at radius 2 is 1.91 bits per heavy atom. The third-order valence-electron chi connectivity index (χ3n) is 2.20. The molecule has 0 aromatic rings. The minimum atomic E-state index is 0.896. The van der Waals surface area contributed by atoms with Gasteiger partial charge in [0, 0.05) is 6.61 Å². The maximum atomic E-state index is 5.15. The van der Waals surface area contributed by atoms with Gasteiger partial charge in [-0.1, -0.05) is 26.7 Å². The first-order chi connectivity index (χ1) is 5.35. The predicted octanol–water partition coefficient (Wildman–Crippen LogP) is 3.40. The Morgan fingerprint density at radius 3 is 2.36 bits per heavy atom. The summed E-state index contributed by atoms with van der Waals surface area (Å²) in [5.41, 5.74) is 0. The van der Waals surface area contributed by atoms with E-state index in [9.17, 15) is 0 Å². The van der Waals surface area contributed by atoms with E-state index in [4.69, 9.17) is 4.74 Å². The second-order valence-electron chi connectivity index (χ2n) is 2.93. The molecule has 1 nitrogen and oxygen atoms in total. The Labute approximate surface area is 71.1 Å². The maximum Gasteiger partial charge on any atom is 0.0805 e. The highest BCUT2D eigenvalue weighted by atomic mass is 16.5. The van der Waals surface area contributed by atoms with Crippen molar-refractivity contribution in [2.45, 2.75) is 46.5 Å². The molecule has 1 heteroatoms. The van der Waals surface area contributed by atoms with Crippen molar-refractivity contribution in [1.29, 1.82) is 0 Å². The average Bonchev–Trinajstić information content (AvgIpc) is 2.05. The van der Waals surface area contributed by atoms with Crippen molar-refractivity contribution in [3.05, 3.63) is 6.61 Å². The Balaban J connectivity index is 3.07. The summed E-state index contributed by atoms with van der Waals surface area (Å²) in [5.74, 6) is 0.912. The number of rotatable bonds is 7. The van der Waals surface area contributed by atoms with E-state index in [0.29, 0.717) is 0 Å². The van der Waals surface area contributed by atoms with Crippen LogP contribution in [0.5, 0.6) is 0 Å². The molecule has 0 rings (SSSR count). The van der Waals surface area contributed by atoms with Gasteiger partial charge in [-0.25, -0.2) is 0 Å². The minimum Gasteiger partial charge on any atom is -0.376 e. The van der Waals surface area contributed by atoms with Gasteiger partial charge in [-0.2, -0.15) is 0 Å². The highest BCUT2D eigenvalue weighted by molar-refractivity contribution is 4.54. The molecule has 0 atom stereocenters. The van der Waals surface area contributed by atoms with Crippen LogP contribution >= 0.6 is 0 Å². The third-order valence-corrected chi connectivity index (χ3v) is 2.20. The summed E-state index contributed by atoms with van der Waals surface area (Å²) < 4.78 is 5.15. The minimum absolute atomic E-state index is 0.896. The van der Waals surface area contributed by atoms with E-state index in [-0.39, 0.29) is 0 Å². The fraction of sp³-hybridized carbons (Fsp3) is 0.900. The van der Waals surface area contributed by atoms with E-state index in [1.807, 2.05) is 6.92 Å². The normalized spacial score (nSPS) is 10.9. The first-order valence-corrected chi connectivity index (χ1v) is 4.74. The molecule has 0 saturated heterocycles. The summed E-state index contributed by atoms with van der Waals surface area (Å²) in [6.07, 6.45) is 5.15. The lowest BCUT2D eigenvalue weighted by molar-refractivity contribution is 0.191. The molecule has 0 heterocycles. The van der Waals surface area contributed by atoms with E-state index in [0.717, 1.165) is 12.5 Å². The molecule has 1 radical (unpaired) electrons. The molecule has 0 N–H and O–H groups in total. The van der Waals surface area contributed by atoms with Crippen LogP contribution < -0.4 is 0 Å². The van der Waals surface area contributed by atoms with Crippen LogP contribution in [0.3, 0.4) is 0 Å². The molecule has 0 aliphatic rings. The lowest BCUT2D eigenvalue weighted by Crippen LogP contribution is -1.99. The Kier molecular flexibility index (Phi) is 8.03. The third kappa shape index (κ3) is 6.36. The molecule has 0 fully saturated rings. The second kappa shape index (κ2) is 8.06. The van der Waals surface area contributed by atoms with Crippen LogP contribution in [0.1, 0.15) is 46.5 Å². The summed E-state index contributed by atoms with van der Waals surface area (Å²) in [6, 6.07) is 0. The van der Waals surface area contributed by atoms with Crippen molar-refractivity contribution < 1.29 is 4.74 Å². The molecule has 67 valence electrons. The predicted molar refractivity (Wildman–Crippen MR) is 49.2 cm³/mol. The van der Waals surface area contributed by atoms with Crippen LogP contribution in [0.15, 0.2) is 0 Å². The lowest BCUT2D eigenvalue weighted by Gasteiger charge is -2.10. The van der Waals surface area contributed by atoms with Gasteiger partial charge in [0.2, 0.25) is 0 Å². The molecule has 11 heavy (non-hydrogen) atoms. The summed E-state index contributed by atoms with van der Waals surface area (Å²) in [5, 5.41) is 0. The van der Waals surface area contributed by atoms with Gasteiger partial charge in [0.1, 0.15) is 0 Å². The van der Waals surface area contributed by atoms with E-state index >= 15 is 0 Å². The number of hydrogen-bond acceptors (Lipinski definition) is 1. The van der Waals surface area contributed by atoms with Crippen molar-refractivity contribution in [2.75, 3.05) is 6.61 Å². The zero-order valence-corrected chi connectivity index (χ0v) is 8.10. The molecule has 0 amide bonds. The Bertz CT molecular complexity index is 67.3. The monoisotopic (exact) mass is 157 g/mol. The zero-order valence-electron chi connectivity index (χ0n) is 8.10. The van der Waals surface area contributed by atoms with Gasteiger partial charge < -0.3 is 4.74 Å². The lowest BCUT2D eigenvalue weighted by atomic mass is 9.98. The molecule has 0 aliphatic heterocycles. The van der Waals surface area contributed by atoms with Crippen molar-refractivity contribution in [3.63, 3.8) is 0 Å². The highest BCUT2D eigenvalue weighted by Gasteiger charge is 2.01. The summed E-state index contributed by atoms with van der Waals surface area (Å²) in [4.78, 5) is 0. The first kappa shape index (κ1) is 11.0. The van der Waals surface area contributed by atoms with Gasteiger partial charge >= 0.3 is 0 Å². The molecule has 0 aromatic carbocycles. The molecule has 0 saturated carbocycles. The smallest absolute Gasteiger partial charge is 0.0805 e. The van der Waals surface area contributed by atoms with Crippen LogP contribution in [-0.4, -0.2) is 6.61 Å². The van der Waals surface area contributed by atoms with Crippen molar-refractivity contribution in [1.82, 2.24) is 0 Å². The molecular formula is C10H21O. The van der Waals surface area contributed by atoms with Crippen LogP contribution in [0.4, 0.5) is 0 Å². The molecule has 0 spiro atoms. The highest BCUT2D eigenvalue weighted by Crippen LogP contribution is 2.14. The summed E-state index contributed by atoms with van der Waals surface area (Å²) in [7, 11) is 0. The van der Waals surface area contributed by atoms with Crippen molar-refractivity contribution >= 4 is 0 Å². The van der Waals surface area contributed by atoms with E-state index < -0.39 is 0 Å². The SMILES string of the molecule is C[CH]OCCCC(CC)CC. The van der Waals surface area contributed by atoms with Crippen LogP contribution in [-0.2, 0) is 4.74 Å². The zero-order chi connectivity index (χ0) is 8.53. The van der Waals surface area contributed by atoms with Crippen LogP contribution in [0.2, 0.25) is 0 Å². The van der Waals surface area contributed by atoms with E-state index in [1.54, 1.807) is 6.61 Å². The van der Waals surface area contributed by atoms with Gasteiger partial charge in [0.05, 0.1) is 6.61 Å². The van der Waals surface area contributed by atoms with Crippen LogP contribution in [0, 0.1) is 12.5 Å². The molecule has 0 bridgehead atoms. The van der Waals surface area contributed by atoms with Gasteiger partial charge in [0.25, 0.3) is 0 Å². The van der Waals surface area contributed by atoms with Gasteiger partial charge in [0.15, 0.2) is 0 Å². The quantitative estimate of drug-likeness (QED) is 0.515. The fourth-order valence-corrected chi connectivity index (χ4v) is 1.27. The van der Waals surface area contributed by atoms with Crippen molar-refractivity contribution in [2.24, 2.45) is 5.92 Å². The molecule has 0 aromatic heterocycles. The topological polar surface area (TPSA) is 9.23 Å². The second-order valence-corrected chi connectivity index (χ2v) is 2.93. The number of ether oxygens (including phenoxy) is 1. The number of hydrogen-bond donors (Lipinski definition) is 0. The van der Waals surface area contributed by atoms with E-state index in [2.05, 4.69) is 13.8 Å². The Hall–Kier alpha value is -0.0400. The molecule has 0 aliphatic carbocycles. The average molecular weight is 157 g/mol. The Morgan fingerprint density at radius 1 is 1.27 bits per heavy atom. The van der Waals surface area contributed by atoms with Gasteiger partial charge in [-0.05, 0) is 25.7 Å².